The quantitative estimate of drug-likeness (QED) is 0.705. The number of urea groups is 1. The van der Waals surface area contributed by atoms with Crippen molar-refractivity contribution in [3.63, 3.8) is 0 Å². The average molecular weight is 290 g/mol. The van der Waals surface area contributed by atoms with Crippen molar-refractivity contribution in [1.29, 1.82) is 0 Å². The van der Waals surface area contributed by atoms with E-state index in [1.807, 2.05) is 6.07 Å². The van der Waals surface area contributed by atoms with Gasteiger partial charge in [-0.05, 0) is 37.2 Å². The number of benzene rings is 1. The third-order valence-corrected chi connectivity index (χ3v) is 4.19. The Morgan fingerprint density at radius 1 is 1.19 bits per heavy atom. The largest absolute Gasteiger partial charge is 0.396 e. The molecule has 0 spiro atoms. The van der Waals surface area contributed by atoms with Crippen LogP contribution in [-0.4, -0.2) is 30.3 Å². The molecule has 0 bridgehead atoms. The zero-order chi connectivity index (χ0) is 14.9. The van der Waals surface area contributed by atoms with E-state index in [0.29, 0.717) is 18.9 Å². The molecule has 2 unspecified atom stereocenters. The Labute approximate surface area is 126 Å². The van der Waals surface area contributed by atoms with Crippen LogP contribution in [0.25, 0.3) is 0 Å². The summed E-state index contributed by atoms with van der Waals surface area (Å²) in [7, 11) is 0. The summed E-state index contributed by atoms with van der Waals surface area (Å²) in [6.45, 7) is 0.638. The van der Waals surface area contributed by atoms with E-state index in [1.165, 1.54) is 24.8 Å². The topological polar surface area (TPSA) is 61.4 Å². The Bertz CT molecular complexity index is 422. The zero-order valence-electron chi connectivity index (χ0n) is 12.6. The standard InChI is InChI=1S/C17H26N2O2/c20-12-6-11-18-17(21)19-16-10-5-4-9-15(16)13-14-7-2-1-3-8-14/h1-3,7-8,15-16,20H,4-6,9-13H2,(H2,18,19,21). The Balaban J connectivity index is 1.85. The minimum Gasteiger partial charge on any atom is -0.396 e. The molecule has 1 saturated carbocycles. The lowest BCUT2D eigenvalue weighted by atomic mass is 9.81. The van der Waals surface area contributed by atoms with E-state index in [-0.39, 0.29) is 18.7 Å². The molecule has 1 aromatic carbocycles. The Kier molecular flexibility index (Phi) is 6.54. The minimum absolute atomic E-state index is 0.103. The number of carbonyl (C=O) groups is 1. The summed E-state index contributed by atoms with van der Waals surface area (Å²) in [4.78, 5) is 11.9. The molecule has 0 aliphatic heterocycles. The SMILES string of the molecule is O=C(NCCCO)NC1CCCCC1Cc1ccccc1. The summed E-state index contributed by atoms with van der Waals surface area (Å²) in [6, 6.07) is 10.7. The molecule has 0 saturated heterocycles. The van der Waals surface area contributed by atoms with Gasteiger partial charge in [0.2, 0.25) is 0 Å². The molecule has 1 aromatic rings. The molecule has 116 valence electrons. The summed E-state index contributed by atoms with van der Waals surface area (Å²) < 4.78 is 0. The van der Waals surface area contributed by atoms with Crippen LogP contribution in [0, 0.1) is 5.92 Å². The molecule has 1 aliphatic carbocycles. The number of hydrogen-bond donors (Lipinski definition) is 3. The lowest BCUT2D eigenvalue weighted by molar-refractivity contribution is 0.215. The van der Waals surface area contributed by atoms with Crippen molar-refractivity contribution in [2.24, 2.45) is 5.92 Å². The fourth-order valence-electron chi connectivity index (χ4n) is 3.06. The number of amides is 2. The van der Waals surface area contributed by atoms with Crippen molar-refractivity contribution >= 4 is 6.03 Å². The maximum absolute atomic E-state index is 11.9. The molecule has 1 fully saturated rings. The van der Waals surface area contributed by atoms with Gasteiger partial charge in [0.25, 0.3) is 0 Å². The van der Waals surface area contributed by atoms with Crippen LogP contribution in [0.4, 0.5) is 4.79 Å². The van der Waals surface area contributed by atoms with Crippen molar-refractivity contribution in [2.75, 3.05) is 13.2 Å². The highest BCUT2D eigenvalue weighted by molar-refractivity contribution is 5.74. The first-order valence-corrected chi connectivity index (χ1v) is 7.98. The number of rotatable bonds is 6. The lowest BCUT2D eigenvalue weighted by Crippen LogP contribution is -2.47. The molecular weight excluding hydrogens is 264 g/mol. The molecule has 2 rings (SSSR count). The number of aliphatic hydroxyl groups is 1. The van der Waals surface area contributed by atoms with Gasteiger partial charge < -0.3 is 15.7 Å². The highest BCUT2D eigenvalue weighted by atomic mass is 16.3. The molecule has 0 aromatic heterocycles. The molecule has 2 atom stereocenters. The first-order valence-electron chi connectivity index (χ1n) is 7.98. The second kappa shape index (κ2) is 8.67. The molecule has 4 nitrogen and oxygen atoms in total. The number of aliphatic hydroxyl groups excluding tert-OH is 1. The van der Waals surface area contributed by atoms with Crippen LogP contribution in [0.15, 0.2) is 30.3 Å². The molecule has 21 heavy (non-hydrogen) atoms. The summed E-state index contributed by atoms with van der Waals surface area (Å²) in [5.74, 6) is 0.518. The van der Waals surface area contributed by atoms with Gasteiger partial charge in [0.15, 0.2) is 0 Å². The monoisotopic (exact) mass is 290 g/mol. The van der Waals surface area contributed by atoms with Crippen molar-refractivity contribution in [2.45, 2.75) is 44.6 Å². The number of nitrogens with one attached hydrogen (secondary N) is 2. The number of carbonyl (C=O) groups excluding carboxylic acids is 1. The van der Waals surface area contributed by atoms with Gasteiger partial charge in [-0.15, -0.1) is 0 Å². The number of hydrogen-bond acceptors (Lipinski definition) is 2. The molecule has 4 heteroatoms. The summed E-state index contributed by atoms with van der Waals surface area (Å²) >= 11 is 0. The predicted octanol–water partition coefficient (Wildman–Crippen LogP) is 2.47. The first kappa shape index (κ1) is 15.8. The van der Waals surface area contributed by atoms with Crippen molar-refractivity contribution < 1.29 is 9.90 Å². The Morgan fingerprint density at radius 2 is 1.95 bits per heavy atom. The van der Waals surface area contributed by atoms with Crippen LogP contribution in [-0.2, 0) is 6.42 Å². The van der Waals surface area contributed by atoms with E-state index in [9.17, 15) is 4.79 Å². The molecular formula is C17H26N2O2. The van der Waals surface area contributed by atoms with Gasteiger partial charge in [-0.1, -0.05) is 43.2 Å². The predicted molar refractivity (Wildman–Crippen MR) is 84.1 cm³/mol. The maximum atomic E-state index is 11.9. The van der Waals surface area contributed by atoms with Crippen molar-refractivity contribution in [1.82, 2.24) is 10.6 Å². The fourth-order valence-corrected chi connectivity index (χ4v) is 3.06. The Morgan fingerprint density at radius 3 is 2.71 bits per heavy atom. The average Bonchev–Trinajstić information content (AvgIpc) is 2.51. The van der Waals surface area contributed by atoms with Crippen LogP contribution in [0.1, 0.15) is 37.7 Å². The third kappa shape index (κ3) is 5.38. The summed E-state index contributed by atoms with van der Waals surface area (Å²) in [6.07, 6.45) is 6.31. The van der Waals surface area contributed by atoms with E-state index in [4.69, 9.17) is 5.11 Å². The normalized spacial score (nSPS) is 21.8. The van der Waals surface area contributed by atoms with Gasteiger partial charge in [-0.25, -0.2) is 4.79 Å². The highest BCUT2D eigenvalue weighted by Gasteiger charge is 2.26. The van der Waals surface area contributed by atoms with Crippen molar-refractivity contribution in [3.05, 3.63) is 35.9 Å². The van der Waals surface area contributed by atoms with Crippen LogP contribution in [0.2, 0.25) is 0 Å². The second-order valence-corrected chi connectivity index (χ2v) is 5.82. The van der Waals surface area contributed by atoms with Gasteiger partial charge in [0.05, 0.1) is 0 Å². The highest BCUT2D eigenvalue weighted by Crippen LogP contribution is 2.27. The maximum Gasteiger partial charge on any atom is 0.315 e. The summed E-state index contributed by atoms with van der Waals surface area (Å²) in [5.41, 5.74) is 1.34. The molecule has 2 amide bonds. The van der Waals surface area contributed by atoms with Gasteiger partial charge in [0.1, 0.15) is 0 Å². The van der Waals surface area contributed by atoms with E-state index >= 15 is 0 Å². The lowest BCUT2D eigenvalue weighted by Gasteiger charge is -2.32. The van der Waals surface area contributed by atoms with Crippen molar-refractivity contribution in [3.8, 4) is 0 Å². The molecule has 3 N–H and O–H groups in total. The van der Waals surface area contributed by atoms with Crippen LogP contribution in [0.3, 0.4) is 0 Å². The van der Waals surface area contributed by atoms with E-state index in [0.717, 1.165) is 12.8 Å². The van der Waals surface area contributed by atoms with E-state index < -0.39 is 0 Å². The van der Waals surface area contributed by atoms with Crippen LogP contribution < -0.4 is 10.6 Å². The molecule has 0 radical (unpaired) electrons. The first-order chi connectivity index (χ1) is 10.3. The van der Waals surface area contributed by atoms with Crippen LogP contribution >= 0.6 is 0 Å². The van der Waals surface area contributed by atoms with Gasteiger partial charge in [-0.3, -0.25) is 0 Å². The molecule has 0 heterocycles. The minimum atomic E-state index is -0.103. The zero-order valence-corrected chi connectivity index (χ0v) is 12.6. The van der Waals surface area contributed by atoms with Gasteiger partial charge >= 0.3 is 6.03 Å². The third-order valence-electron chi connectivity index (χ3n) is 4.19. The van der Waals surface area contributed by atoms with E-state index in [2.05, 4.69) is 34.9 Å². The fraction of sp³-hybridized carbons (Fsp3) is 0.588. The Hall–Kier alpha value is -1.55. The van der Waals surface area contributed by atoms with Crippen LogP contribution in [0.5, 0.6) is 0 Å². The molecule has 1 aliphatic rings. The smallest absolute Gasteiger partial charge is 0.315 e. The van der Waals surface area contributed by atoms with Gasteiger partial charge in [-0.2, -0.15) is 0 Å². The van der Waals surface area contributed by atoms with Gasteiger partial charge in [0, 0.05) is 19.2 Å². The summed E-state index contributed by atoms with van der Waals surface area (Å²) in [5, 5.41) is 14.7. The second-order valence-electron chi connectivity index (χ2n) is 5.82. The van der Waals surface area contributed by atoms with E-state index in [1.54, 1.807) is 0 Å².